The minimum atomic E-state index is -6.22. The predicted octanol–water partition coefficient (Wildman–Crippen LogP) is 11.6. The molecule has 26 heteroatoms. The molecule has 2 fully saturated rings. The molecule has 9 aromatic rings. The van der Waals surface area contributed by atoms with Gasteiger partial charge in [0.15, 0.2) is 30.5 Å². The van der Waals surface area contributed by atoms with Gasteiger partial charge in [0.2, 0.25) is 6.29 Å². The molecule has 9 aromatic carbocycles. The van der Waals surface area contributed by atoms with Gasteiger partial charge in [0.05, 0.1) is 54.2 Å². The first-order valence-electron chi connectivity index (χ1n) is 31.3. The van der Waals surface area contributed by atoms with Gasteiger partial charge in [-0.3, -0.25) is 9.05 Å². The van der Waals surface area contributed by atoms with Crippen LogP contribution in [0.1, 0.15) is 78.8 Å². The van der Waals surface area contributed by atoms with E-state index in [0.29, 0.717) is 28.2 Å². The number of hydrogen-bond donors (Lipinski definition) is 2. The van der Waals surface area contributed by atoms with Crippen LogP contribution in [0.3, 0.4) is 0 Å². The molecular formula is C75H65O24P2+. The molecular weight excluding hydrogens is 1350 g/mol. The Labute approximate surface area is 579 Å². The number of methoxy groups -OCH3 is 2. The van der Waals surface area contributed by atoms with Crippen LogP contribution < -0.4 is 9.47 Å². The summed E-state index contributed by atoms with van der Waals surface area (Å²) >= 11 is 0. The number of phosphoric acid groups is 1. The van der Waals surface area contributed by atoms with E-state index >= 15 is 4.57 Å². The number of rotatable bonds is 27. The maximum atomic E-state index is 15.9. The number of benzene rings is 9. The minimum absolute atomic E-state index is 0.00162. The van der Waals surface area contributed by atoms with E-state index in [9.17, 15) is 43.1 Å². The first kappa shape index (κ1) is 71.7. The van der Waals surface area contributed by atoms with Gasteiger partial charge in [-0.25, -0.2) is 33.3 Å². The van der Waals surface area contributed by atoms with Crippen molar-refractivity contribution in [2.75, 3.05) is 27.4 Å². The van der Waals surface area contributed by atoms with Gasteiger partial charge in [0, 0.05) is 4.57 Å². The molecule has 101 heavy (non-hydrogen) atoms. The first-order chi connectivity index (χ1) is 49.0. The van der Waals surface area contributed by atoms with Gasteiger partial charge in [-0.2, -0.15) is 0 Å². The Hall–Kier alpha value is -10.6. The smallest absolute Gasteiger partial charge is 0.497 e. The van der Waals surface area contributed by atoms with Gasteiger partial charge in [-0.05, 0) is 114 Å². The highest BCUT2D eigenvalue weighted by Crippen LogP contribution is 2.52. The molecule has 0 amide bonds. The molecule has 24 nitrogen and oxygen atoms in total. The van der Waals surface area contributed by atoms with Crippen LogP contribution in [0.25, 0.3) is 0 Å². The third-order valence-electron chi connectivity index (χ3n) is 16.2. The van der Waals surface area contributed by atoms with Crippen molar-refractivity contribution in [2.24, 2.45) is 0 Å². The van der Waals surface area contributed by atoms with E-state index in [0.717, 1.165) is 0 Å². The van der Waals surface area contributed by atoms with Crippen LogP contribution in [0, 0.1) is 0 Å². The maximum absolute atomic E-state index is 15.9. The molecule has 12 atom stereocenters. The summed E-state index contributed by atoms with van der Waals surface area (Å²) in [6.45, 7) is -1.76. The van der Waals surface area contributed by atoms with Crippen molar-refractivity contribution in [2.45, 2.75) is 67.0 Å². The third kappa shape index (κ3) is 17.7. The molecule has 2 saturated heterocycles. The van der Waals surface area contributed by atoms with Crippen molar-refractivity contribution in [3.8, 4) is 11.5 Å². The SMILES string of the molecule is COc1ccc(C(OC[C@H]2O[C@H](OP(=O)(O)O[C@H]3[C@H](OC(=O)c4ccccc4)[C@H](OC(=O)c4ccccc4)[C@@H](O[P+](=O)O)O[C@@H]3COC(=O)c3ccccc3)[C@@H](OC(=O)c3ccccc3)[C@@H](OC(=O)c3ccccc3)[C@@H]2OC(=O)c2ccccc2)(c2ccccc2)c2ccc(OC)cc2)cc1. The molecule has 2 unspecified atom stereocenters. The lowest BCUT2D eigenvalue weighted by molar-refractivity contribution is -0.291. The lowest BCUT2D eigenvalue weighted by Crippen LogP contribution is -2.63. The fraction of sp³-hybridized carbons (Fsp3) is 0.200. The van der Waals surface area contributed by atoms with Gasteiger partial charge in [-0.1, -0.05) is 168 Å². The molecule has 0 radical (unpaired) electrons. The number of esters is 6. The average Bonchev–Trinajstić information content (AvgIpc) is 0.756. The Bertz CT molecular complexity index is 4270. The molecule has 11 rings (SSSR count). The van der Waals surface area contributed by atoms with Crippen molar-refractivity contribution in [3.63, 3.8) is 0 Å². The molecule has 0 aliphatic carbocycles. The topological polar surface area (TPSA) is 306 Å². The van der Waals surface area contributed by atoms with Crippen LogP contribution in [0.4, 0.5) is 0 Å². The Morgan fingerprint density at radius 2 is 0.693 bits per heavy atom. The van der Waals surface area contributed by atoms with E-state index in [2.05, 4.69) is 0 Å². The van der Waals surface area contributed by atoms with E-state index < -0.39 is 132 Å². The van der Waals surface area contributed by atoms with Crippen molar-refractivity contribution in [1.29, 1.82) is 0 Å². The van der Waals surface area contributed by atoms with Gasteiger partial charge >= 0.3 is 51.9 Å². The fourth-order valence-corrected chi connectivity index (χ4v) is 12.7. The maximum Gasteiger partial charge on any atom is 0.697 e. The van der Waals surface area contributed by atoms with E-state index in [1.54, 1.807) is 127 Å². The number of hydrogen-bond acceptors (Lipinski definition) is 22. The second-order valence-electron chi connectivity index (χ2n) is 22.5. The molecule has 0 aromatic heterocycles. The molecule has 2 N–H and O–H groups in total. The fourth-order valence-electron chi connectivity index (χ4n) is 11.3. The van der Waals surface area contributed by atoms with Crippen LogP contribution in [0.15, 0.2) is 261 Å². The minimum Gasteiger partial charge on any atom is -0.497 e. The van der Waals surface area contributed by atoms with Crippen LogP contribution in [0.2, 0.25) is 0 Å². The number of ether oxygens (including phenoxy) is 11. The first-order valence-corrected chi connectivity index (χ1v) is 34.0. The Morgan fingerprint density at radius 3 is 1.07 bits per heavy atom. The lowest BCUT2D eigenvalue weighted by Gasteiger charge is -2.46. The lowest BCUT2D eigenvalue weighted by atomic mass is 9.80. The Kier molecular flexibility index (Phi) is 23.8. The average molecular weight is 1410 g/mol. The molecule has 2 aliphatic rings. The quantitative estimate of drug-likeness (QED) is 0.0209. The summed E-state index contributed by atoms with van der Waals surface area (Å²) in [6.07, 6.45) is -21.9. The molecule has 0 bridgehead atoms. The van der Waals surface area contributed by atoms with Crippen LogP contribution in [0.5, 0.6) is 11.5 Å². The van der Waals surface area contributed by atoms with Crippen LogP contribution >= 0.6 is 16.1 Å². The summed E-state index contributed by atoms with van der Waals surface area (Å²) in [4.78, 5) is 110. The second kappa shape index (κ2) is 33.5. The number of carbonyl (C=O) groups excluding carboxylic acids is 6. The van der Waals surface area contributed by atoms with Crippen LogP contribution in [-0.2, 0) is 70.9 Å². The highest BCUT2D eigenvalue weighted by molar-refractivity contribution is 7.47. The third-order valence-corrected chi connectivity index (χ3v) is 17.5. The molecule has 2 aliphatic heterocycles. The zero-order valence-corrected chi connectivity index (χ0v) is 55.6. The summed E-state index contributed by atoms with van der Waals surface area (Å²) in [6, 6.07) is 67.2. The summed E-state index contributed by atoms with van der Waals surface area (Å²) in [5, 5.41) is 0. The summed E-state index contributed by atoms with van der Waals surface area (Å²) in [7, 11) is -6.94. The molecule has 0 spiro atoms. The van der Waals surface area contributed by atoms with E-state index in [-0.39, 0.29) is 33.4 Å². The highest BCUT2D eigenvalue weighted by Gasteiger charge is 2.60. The number of phosphoric ester groups is 1. The summed E-state index contributed by atoms with van der Waals surface area (Å²) in [5.74, 6) is -5.73. The standard InChI is InChI=1S/C75H64O24P2/c1-86-57-42-38-55(39-43-57)75(54-36-22-9-23-37-54,56-40-44-58(87-2)45-41-56)89-47-60-61(92-68(77)49-26-12-4-13-27-49)63(93-69(78)50-28-14-5-15-29-50)66(96-72(81)53-34-20-8-21-35-53)74(91-60)99-101(84,85)98-62-59(46-88-67(76)48-24-10-3-11-25-48)90-73(97-100(82)83)65(95-71(80)52-32-18-7-19-33-52)64(62)94-70(79)51-30-16-6-17-31-51/h3-45,59-66,73-74H,46-47H2,1-2H3,(H-,82,83,84,85)/p+1/t59-,60-,61-,62-,63+,64+,65+,66+,73-,74-/m1/s1. The zero-order chi connectivity index (χ0) is 70.9. The normalized spacial score (nSPS) is 21.0. The van der Waals surface area contributed by atoms with E-state index in [4.69, 9.17) is 65.7 Å². The van der Waals surface area contributed by atoms with Crippen molar-refractivity contribution in [1.82, 2.24) is 0 Å². The van der Waals surface area contributed by atoms with Gasteiger partial charge in [0.1, 0.15) is 42.0 Å². The van der Waals surface area contributed by atoms with Crippen molar-refractivity contribution < 1.29 is 113 Å². The summed E-state index contributed by atoms with van der Waals surface area (Å²) in [5.41, 5.74) is -0.700. The molecule has 0 saturated carbocycles. The zero-order valence-electron chi connectivity index (χ0n) is 53.8. The van der Waals surface area contributed by atoms with Crippen molar-refractivity contribution in [3.05, 3.63) is 311 Å². The summed E-state index contributed by atoms with van der Waals surface area (Å²) < 4.78 is 115. The number of carbonyl (C=O) groups is 6. The predicted molar refractivity (Wildman–Crippen MR) is 357 cm³/mol. The largest absolute Gasteiger partial charge is 0.697 e. The van der Waals surface area contributed by atoms with Gasteiger partial charge < -0.3 is 57.0 Å². The van der Waals surface area contributed by atoms with E-state index in [1.807, 2.05) is 0 Å². The van der Waals surface area contributed by atoms with E-state index in [1.165, 1.54) is 148 Å². The molecule has 2 heterocycles. The van der Waals surface area contributed by atoms with Crippen molar-refractivity contribution >= 4 is 51.9 Å². The second-order valence-corrected chi connectivity index (χ2v) is 24.6. The monoisotopic (exact) mass is 1410 g/mol. The Balaban J connectivity index is 1.07. The molecule has 518 valence electrons. The van der Waals surface area contributed by atoms with Gasteiger partial charge in [-0.15, -0.1) is 4.89 Å². The van der Waals surface area contributed by atoms with Crippen LogP contribution in [-0.4, -0.2) is 134 Å². The highest BCUT2D eigenvalue weighted by atomic mass is 31.2. The van der Waals surface area contributed by atoms with Gasteiger partial charge in [0.25, 0.3) is 6.29 Å². The Morgan fingerprint density at radius 1 is 0.386 bits per heavy atom.